The zero-order valence-corrected chi connectivity index (χ0v) is 42.8. The summed E-state index contributed by atoms with van der Waals surface area (Å²) in [5.41, 5.74) is 10.8. The third-order valence-corrected chi connectivity index (χ3v) is 13.4. The Labute approximate surface area is 406 Å². The molecular formula is C62H86O3S. The number of carbonyl (C=O) groups excluding carboxylic acids is 1. The van der Waals surface area contributed by atoms with Crippen molar-refractivity contribution in [3.63, 3.8) is 0 Å². The Kier molecular flexibility index (Phi) is 25.2. The summed E-state index contributed by atoms with van der Waals surface area (Å²) in [5, 5.41) is 2.15. The molecule has 0 saturated heterocycles. The largest absolute Gasteiger partial charge is 0.464 e. The highest BCUT2D eigenvalue weighted by Gasteiger charge is 2.39. The lowest BCUT2D eigenvalue weighted by atomic mass is 9.85. The molecular weight excluding hydrogens is 825 g/mol. The summed E-state index contributed by atoms with van der Waals surface area (Å²) in [5.74, 6) is 5.99. The molecule has 2 aromatic heterocycles. The van der Waals surface area contributed by atoms with Crippen molar-refractivity contribution < 1.29 is 13.9 Å². The van der Waals surface area contributed by atoms with Crippen LogP contribution in [-0.4, -0.2) is 12.6 Å². The van der Waals surface area contributed by atoms with E-state index in [0.717, 1.165) is 47.8 Å². The zero-order valence-electron chi connectivity index (χ0n) is 41.9. The van der Waals surface area contributed by atoms with Crippen LogP contribution in [0.4, 0.5) is 0 Å². The molecule has 2 atom stereocenters. The van der Waals surface area contributed by atoms with E-state index in [2.05, 4.69) is 166 Å². The summed E-state index contributed by atoms with van der Waals surface area (Å²) < 4.78 is 10.4. The number of furan rings is 1. The molecule has 0 radical (unpaired) electrons. The fourth-order valence-corrected chi connectivity index (χ4v) is 8.87. The van der Waals surface area contributed by atoms with Crippen LogP contribution in [0.15, 0.2) is 137 Å². The van der Waals surface area contributed by atoms with Crippen molar-refractivity contribution >= 4 is 17.3 Å². The van der Waals surface area contributed by atoms with E-state index in [4.69, 9.17) is 9.15 Å². The van der Waals surface area contributed by atoms with Crippen LogP contribution >= 0.6 is 11.3 Å². The summed E-state index contributed by atoms with van der Waals surface area (Å²) in [6, 6.07) is 42.1. The maximum absolute atomic E-state index is 11.6. The van der Waals surface area contributed by atoms with Gasteiger partial charge in [0.15, 0.2) is 0 Å². The van der Waals surface area contributed by atoms with Crippen LogP contribution in [0.1, 0.15) is 194 Å². The number of ether oxygens (including phenoxy) is 1. The molecule has 66 heavy (non-hydrogen) atoms. The van der Waals surface area contributed by atoms with Crippen molar-refractivity contribution in [3.8, 4) is 11.3 Å². The lowest BCUT2D eigenvalue weighted by molar-refractivity contribution is 0.0499. The van der Waals surface area contributed by atoms with E-state index in [1.54, 1.807) is 23.0 Å². The summed E-state index contributed by atoms with van der Waals surface area (Å²) in [7, 11) is 0. The molecule has 0 unspecified atom stereocenters. The first kappa shape index (κ1) is 55.7. The molecule has 1 fully saturated rings. The molecule has 1 saturated carbocycles. The van der Waals surface area contributed by atoms with Crippen LogP contribution in [0.3, 0.4) is 0 Å². The fourth-order valence-electron chi connectivity index (χ4n) is 8.14. The van der Waals surface area contributed by atoms with Crippen LogP contribution in [0.25, 0.3) is 11.3 Å². The second-order valence-electron chi connectivity index (χ2n) is 19.5. The van der Waals surface area contributed by atoms with Crippen molar-refractivity contribution in [1.82, 2.24) is 0 Å². The molecule has 0 amide bonds. The number of thiophene rings is 1. The highest BCUT2D eigenvalue weighted by Crippen LogP contribution is 2.51. The number of hydrogen-bond acceptors (Lipinski definition) is 4. The van der Waals surface area contributed by atoms with Gasteiger partial charge < -0.3 is 9.15 Å². The lowest BCUT2D eigenvalue weighted by Crippen LogP contribution is -2.06. The minimum absolute atomic E-state index is 0. The Balaban J connectivity index is 0.000000220. The minimum atomic E-state index is -0.219. The molecule has 2 heterocycles. The number of esters is 1. The molecule has 2 aliphatic rings. The first-order valence-corrected chi connectivity index (χ1v) is 25.8. The second-order valence-corrected chi connectivity index (χ2v) is 20.6. The Morgan fingerprint density at radius 3 is 1.88 bits per heavy atom. The quantitative estimate of drug-likeness (QED) is 0.0856. The zero-order chi connectivity index (χ0) is 47.1. The van der Waals surface area contributed by atoms with E-state index in [9.17, 15) is 4.79 Å². The number of carbonyl (C=O) groups is 1. The molecule has 0 N–H and O–H groups in total. The highest BCUT2D eigenvalue weighted by molar-refractivity contribution is 7.09. The Morgan fingerprint density at radius 2 is 1.35 bits per heavy atom. The summed E-state index contributed by atoms with van der Waals surface area (Å²) >= 11 is 1.86. The average Bonchev–Trinajstić information content (AvgIpc) is 3.62. The number of rotatable bonds is 13. The van der Waals surface area contributed by atoms with Gasteiger partial charge in [-0.15, -0.1) is 11.3 Å². The Morgan fingerprint density at radius 1 is 0.697 bits per heavy atom. The predicted molar refractivity (Wildman–Crippen MR) is 287 cm³/mol. The maximum atomic E-state index is 11.6. The van der Waals surface area contributed by atoms with E-state index < -0.39 is 0 Å². The fraction of sp³-hybridized carbons (Fsp3) is 0.468. The number of fused-ring (bicyclic) bond motifs is 1. The standard InChI is InChI=1S/C14H20O2.C13H14O.C13H18.C12H16.C9H14S.CH4/c1-4-5-10-16-14(15)13-8-6-12(7-9-13)11(2)3;1-10(2)11-5-7-12(8-6-11)13-4-3-9-14-13;1-10(2)12-9-5-7-11-6-3-4-8-13(11)12;1-9(2)11-8-12(11)10-6-4-3-5-7-10;1-8(2)5-6-9-4-3-7-10-9;/h6-9,11H,4-5,10H2,1-3H3;3-10H,1-2H3;5,7,9-10H,3-4,6,8H2,1-2H3;3-7,9,11-12H,8H2,1-2H3;3-4,7-8H,5-6H2,1-2H3;1H4/t;;;11-,12-;;/m...0../s1. The van der Waals surface area contributed by atoms with Gasteiger partial charge in [0.2, 0.25) is 0 Å². The normalized spacial score (nSPS) is 14.6. The van der Waals surface area contributed by atoms with Crippen LogP contribution in [0.2, 0.25) is 0 Å². The molecule has 0 aliphatic heterocycles. The van der Waals surface area contributed by atoms with Crippen LogP contribution < -0.4 is 0 Å². The van der Waals surface area contributed by atoms with Crippen LogP contribution in [-0.2, 0) is 24.0 Å². The number of aryl methyl sites for hydroxylation is 2. The maximum Gasteiger partial charge on any atom is 0.338 e. The SMILES string of the molecule is C.CC(C)CCc1cccs1.CC(C)[C@@H]1C[C@H]1c1ccccc1.CC(C)c1ccc(-c2ccco2)cc1.CC(C)c1cccc2c1CCCC2.CCCCOC(=O)c1ccc(C(C)C)cc1. The van der Waals surface area contributed by atoms with Crippen molar-refractivity contribution in [2.75, 3.05) is 6.61 Å². The monoisotopic (exact) mass is 911 g/mol. The third-order valence-electron chi connectivity index (χ3n) is 12.5. The first-order chi connectivity index (χ1) is 31.3. The van der Waals surface area contributed by atoms with Gasteiger partial charge in [-0.25, -0.2) is 4.79 Å². The van der Waals surface area contributed by atoms with E-state index in [-0.39, 0.29) is 13.4 Å². The van der Waals surface area contributed by atoms with Crippen molar-refractivity contribution in [2.24, 2.45) is 17.8 Å². The molecule has 4 aromatic carbocycles. The molecule has 0 spiro atoms. The predicted octanol–water partition coefficient (Wildman–Crippen LogP) is 18.9. The van der Waals surface area contributed by atoms with Gasteiger partial charge in [0.25, 0.3) is 0 Å². The van der Waals surface area contributed by atoms with Crippen molar-refractivity contribution in [1.29, 1.82) is 0 Å². The minimum Gasteiger partial charge on any atom is -0.464 e. The van der Waals surface area contributed by atoms with Gasteiger partial charge >= 0.3 is 5.97 Å². The molecule has 2 aliphatic carbocycles. The summed E-state index contributed by atoms with van der Waals surface area (Å²) in [6.45, 7) is 25.0. The van der Waals surface area contributed by atoms with Gasteiger partial charge in [-0.3, -0.25) is 0 Å². The van der Waals surface area contributed by atoms with Gasteiger partial charge in [0.05, 0.1) is 18.4 Å². The van der Waals surface area contributed by atoms with Gasteiger partial charge in [-0.05, 0) is 162 Å². The summed E-state index contributed by atoms with van der Waals surface area (Å²) in [4.78, 5) is 13.1. The van der Waals surface area contributed by atoms with Gasteiger partial charge in [-0.1, -0.05) is 181 Å². The van der Waals surface area contributed by atoms with Gasteiger partial charge in [0, 0.05) is 10.4 Å². The second kappa shape index (κ2) is 29.9. The molecule has 6 aromatic rings. The molecule has 0 bridgehead atoms. The van der Waals surface area contributed by atoms with E-state index in [1.807, 2.05) is 47.7 Å². The Bertz CT molecular complexity index is 2140. The molecule has 8 rings (SSSR count). The van der Waals surface area contributed by atoms with E-state index in [0.29, 0.717) is 29.9 Å². The number of unbranched alkanes of at least 4 members (excludes halogenated alkanes) is 1. The third kappa shape index (κ3) is 19.3. The summed E-state index contributed by atoms with van der Waals surface area (Å²) in [6.07, 6.45) is 13.0. The van der Waals surface area contributed by atoms with Crippen molar-refractivity contribution in [3.05, 3.63) is 177 Å². The lowest BCUT2D eigenvalue weighted by Gasteiger charge is -2.21. The smallest absolute Gasteiger partial charge is 0.338 e. The van der Waals surface area contributed by atoms with Gasteiger partial charge in [0.1, 0.15) is 5.76 Å². The van der Waals surface area contributed by atoms with E-state index in [1.165, 1.54) is 66.5 Å². The van der Waals surface area contributed by atoms with Crippen molar-refractivity contribution in [2.45, 2.75) is 165 Å². The average molecular weight is 911 g/mol. The number of benzene rings is 4. The number of hydrogen-bond donors (Lipinski definition) is 0. The molecule has 3 nitrogen and oxygen atoms in total. The Hall–Kier alpha value is -4.67. The topological polar surface area (TPSA) is 39.4 Å². The van der Waals surface area contributed by atoms with Crippen LogP contribution in [0.5, 0.6) is 0 Å². The van der Waals surface area contributed by atoms with Gasteiger partial charge in [-0.2, -0.15) is 0 Å². The van der Waals surface area contributed by atoms with Crippen LogP contribution in [0, 0.1) is 17.8 Å². The molecule has 4 heteroatoms. The highest BCUT2D eigenvalue weighted by atomic mass is 32.1. The first-order valence-electron chi connectivity index (χ1n) is 24.9. The molecule has 358 valence electrons. The van der Waals surface area contributed by atoms with E-state index >= 15 is 0 Å².